The molecule has 6 rings (SSSR count). The van der Waals surface area contributed by atoms with E-state index in [2.05, 4.69) is 0 Å². The maximum Gasteiger partial charge on any atom is 0.180 e. The summed E-state index contributed by atoms with van der Waals surface area (Å²) < 4.78 is 5.47. The van der Waals surface area contributed by atoms with Gasteiger partial charge in [0.15, 0.2) is 17.3 Å². The second-order valence-electron chi connectivity index (χ2n) is 9.30. The molecule has 1 fully saturated rings. The molecule has 2 heterocycles. The van der Waals surface area contributed by atoms with Gasteiger partial charge in [-0.2, -0.15) is 0 Å². The van der Waals surface area contributed by atoms with Crippen LogP contribution in [0.5, 0.6) is 5.75 Å². The third-order valence-electron chi connectivity index (χ3n) is 7.64. The van der Waals surface area contributed by atoms with E-state index in [1.54, 1.807) is 37.4 Å². The highest BCUT2D eigenvalue weighted by Crippen LogP contribution is 2.60. The fraction of sp³-hybridized carbons (Fsp3) is 0.207. The van der Waals surface area contributed by atoms with Crippen LogP contribution in [0.25, 0.3) is 6.08 Å². The summed E-state index contributed by atoms with van der Waals surface area (Å²) in [4.78, 5) is 44.0. The number of Topliss-reactive ketones (excluding diaryl/α,β-unsaturated/α-hetero) is 3. The zero-order valence-electron chi connectivity index (χ0n) is 19.2. The summed E-state index contributed by atoms with van der Waals surface area (Å²) in [5.41, 5.74) is 1.67. The molecule has 3 aromatic carbocycles. The normalized spacial score (nSPS) is 23.3. The van der Waals surface area contributed by atoms with Gasteiger partial charge in [0, 0.05) is 27.8 Å². The highest BCUT2D eigenvalue weighted by atomic mass is 35.5. The van der Waals surface area contributed by atoms with Crippen molar-refractivity contribution in [3.8, 4) is 5.75 Å². The van der Waals surface area contributed by atoms with Gasteiger partial charge >= 0.3 is 0 Å². The van der Waals surface area contributed by atoms with Crippen LogP contribution in [-0.2, 0) is 4.79 Å². The minimum atomic E-state index is -1.49. The van der Waals surface area contributed by atoms with Gasteiger partial charge in [0.25, 0.3) is 0 Å². The van der Waals surface area contributed by atoms with Gasteiger partial charge in [0.05, 0.1) is 19.2 Å². The van der Waals surface area contributed by atoms with Crippen molar-refractivity contribution < 1.29 is 19.1 Å². The lowest BCUT2D eigenvalue weighted by Crippen LogP contribution is -2.48. The van der Waals surface area contributed by atoms with Gasteiger partial charge in [-0.15, -0.1) is 0 Å². The van der Waals surface area contributed by atoms with E-state index in [4.69, 9.17) is 16.3 Å². The summed E-state index contributed by atoms with van der Waals surface area (Å²) in [6.07, 6.45) is 3.79. The van der Waals surface area contributed by atoms with Crippen LogP contribution in [0.2, 0.25) is 5.02 Å². The number of fused-ring (bicyclic) bond motifs is 5. The van der Waals surface area contributed by atoms with Crippen LogP contribution >= 0.6 is 11.6 Å². The minimum Gasteiger partial charge on any atom is -0.497 e. The Kier molecular flexibility index (Phi) is 4.77. The molecule has 3 aromatic rings. The molecule has 0 N–H and O–H groups in total. The summed E-state index contributed by atoms with van der Waals surface area (Å²) in [6.45, 7) is 1.53. The number of ether oxygens (including phenoxy) is 1. The zero-order valence-corrected chi connectivity index (χ0v) is 20.0. The average molecular weight is 484 g/mol. The number of methoxy groups -OCH3 is 1. The van der Waals surface area contributed by atoms with Crippen LogP contribution in [0.15, 0.2) is 72.8 Å². The monoisotopic (exact) mass is 483 g/mol. The van der Waals surface area contributed by atoms with Crippen molar-refractivity contribution >= 4 is 40.7 Å². The van der Waals surface area contributed by atoms with E-state index in [9.17, 15) is 14.4 Å². The molecular weight excluding hydrogens is 462 g/mol. The Bertz CT molecular complexity index is 1420. The van der Waals surface area contributed by atoms with Gasteiger partial charge in [-0.25, -0.2) is 0 Å². The molecule has 0 unspecified atom stereocenters. The van der Waals surface area contributed by atoms with E-state index < -0.39 is 23.4 Å². The molecule has 0 aromatic heterocycles. The summed E-state index contributed by atoms with van der Waals surface area (Å²) in [7, 11) is 1.57. The van der Waals surface area contributed by atoms with Gasteiger partial charge in [0.1, 0.15) is 11.2 Å². The smallest absolute Gasteiger partial charge is 0.180 e. The first-order chi connectivity index (χ1) is 16.9. The van der Waals surface area contributed by atoms with E-state index in [-0.39, 0.29) is 17.3 Å². The van der Waals surface area contributed by atoms with Crippen LogP contribution in [0.1, 0.15) is 44.7 Å². The number of nitrogens with zero attached hydrogens (tertiary/aromatic N) is 1. The fourth-order valence-corrected chi connectivity index (χ4v) is 6.49. The average Bonchev–Trinajstić information content (AvgIpc) is 3.30. The largest absolute Gasteiger partial charge is 0.497 e. The molecular formula is C29H22ClNO4. The maximum atomic E-state index is 14.3. The number of carbonyl (C=O) groups excluding carboxylic acids is 3. The van der Waals surface area contributed by atoms with Crippen molar-refractivity contribution in [3.05, 3.63) is 100 Å². The predicted octanol–water partition coefficient (Wildman–Crippen LogP) is 5.37. The Morgan fingerprint density at radius 3 is 2.34 bits per heavy atom. The van der Waals surface area contributed by atoms with Crippen molar-refractivity contribution in [2.24, 2.45) is 5.41 Å². The molecule has 0 amide bonds. The number of carbonyl (C=O) groups is 3. The zero-order chi connectivity index (χ0) is 24.5. The summed E-state index contributed by atoms with van der Waals surface area (Å²) >= 11 is 6.26. The first kappa shape index (κ1) is 21.8. The number of benzene rings is 3. The lowest BCUT2D eigenvalue weighted by molar-refractivity contribution is -0.118. The van der Waals surface area contributed by atoms with E-state index >= 15 is 0 Å². The molecule has 3 atom stereocenters. The van der Waals surface area contributed by atoms with Crippen molar-refractivity contribution in [1.82, 2.24) is 0 Å². The maximum absolute atomic E-state index is 14.3. The number of hydrogen-bond donors (Lipinski definition) is 0. The lowest BCUT2D eigenvalue weighted by Gasteiger charge is -2.37. The number of halogens is 1. The minimum absolute atomic E-state index is 0.118. The van der Waals surface area contributed by atoms with Crippen molar-refractivity contribution in [3.63, 3.8) is 0 Å². The first-order valence-corrected chi connectivity index (χ1v) is 11.9. The molecule has 6 heteroatoms. The molecule has 0 saturated carbocycles. The molecule has 2 aliphatic heterocycles. The van der Waals surface area contributed by atoms with E-state index in [1.165, 1.54) is 6.92 Å². The van der Waals surface area contributed by atoms with E-state index in [1.807, 2.05) is 53.5 Å². The Morgan fingerprint density at radius 2 is 1.69 bits per heavy atom. The van der Waals surface area contributed by atoms with Crippen LogP contribution in [0.3, 0.4) is 0 Å². The highest BCUT2D eigenvalue weighted by Gasteiger charge is 2.71. The molecule has 1 spiro atoms. The van der Waals surface area contributed by atoms with Gasteiger partial charge in [0.2, 0.25) is 0 Å². The van der Waals surface area contributed by atoms with E-state index in [0.717, 1.165) is 16.8 Å². The van der Waals surface area contributed by atoms with Crippen LogP contribution < -0.4 is 9.64 Å². The topological polar surface area (TPSA) is 63.7 Å². The van der Waals surface area contributed by atoms with Gasteiger partial charge in [-0.05, 0) is 48.4 Å². The summed E-state index contributed by atoms with van der Waals surface area (Å²) in [6, 6.07) is 18.4. The van der Waals surface area contributed by atoms with Crippen LogP contribution in [0.4, 0.5) is 5.69 Å². The summed E-state index contributed by atoms with van der Waals surface area (Å²) in [5.74, 6) is -0.715. The third-order valence-corrected chi connectivity index (χ3v) is 7.87. The van der Waals surface area contributed by atoms with Gasteiger partial charge < -0.3 is 9.64 Å². The van der Waals surface area contributed by atoms with Crippen molar-refractivity contribution in [1.29, 1.82) is 0 Å². The van der Waals surface area contributed by atoms with Gasteiger partial charge in [-0.1, -0.05) is 60.2 Å². The standard InChI is InChI=1S/C29H22ClNO4/c1-16(32)26-25(18-6-5-7-20(15-18)35-2)29(27(33)21-8-3-4-9-22(21)28(29)34)24-13-10-17-14-19(30)11-12-23(17)31(24)26/h3-15,24-26H,1-2H3/t24-,25-,26+/m1/s1. The van der Waals surface area contributed by atoms with Crippen molar-refractivity contribution in [2.45, 2.75) is 24.9 Å². The molecule has 1 saturated heterocycles. The molecule has 5 nitrogen and oxygen atoms in total. The number of hydrogen-bond acceptors (Lipinski definition) is 5. The molecule has 35 heavy (non-hydrogen) atoms. The number of ketones is 3. The Balaban J connectivity index is 1.68. The third kappa shape index (κ3) is 2.79. The molecule has 174 valence electrons. The number of anilines is 1. The Labute approximate surface area is 208 Å². The molecule has 0 radical (unpaired) electrons. The molecule has 0 bridgehead atoms. The highest BCUT2D eigenvalue weighted by molar-refractivity contribution is 6.32. The fourth-order valence-electron chi connectivity index (χ4n) is 6.31. The van der Waals surface area contributed by atoms with E-state index in [0.29, 0.717) is 21.9 Å². The molecule has 1 aliphatic carbocycles. The van der Waals surface area contributed by atoms with Gasteiger partial charge in [-0.3, -0.25) is 14.4 Å². The van der Waals surface area contributed by atoms with Crippen molar-refractivity contribution in [2.75, 3.05) is 12.0 Å². The quantitative estimate of drug-likeness (QED) is 0.468. The summed E-state index contributed by atoms with van der Waals surface area (Å²) in [5, 5.41) is 0.574. The second kappa shape index (κ2) is 7.65. The Hall–Kier alpha value is -3.70. The predicted molar refractivity (Wildman–Crippen MR) is 134 cm³/mol. The Morgan fingerprint density at radius 1 is 0.971 bits per heavy atom. The molecule has 3 aliphatic rings. The SMILES string of the molecule is COc1cccc([C@@H]2[C@H](C(C)=O)N3c4ccc(Cl)cc4C=C[C@@H]3C23C(=O)c2ccccc2C3=O)c1. The van der Waals surface area contributed by atoms with Crippen LogP contribution in [-0.4, -0.2) is 36.5 Å². The lowest BCUT2D eigenvalue weighted by atomic mass is 9.64. The second-order valence-corrected chi connectivity index (χ2v) is 9.73. The van der Waals surface area contributed by atoms with Crippen LogP contribution in [0, 0.1) is 5.41 Å². The number of rotatable bonds is 3. The first-order valence-electron chi connectivity index (χ1n) is 11.5.